The topological polar surface area (TPSA) is 86.8 Å². The Morgan fingerprint density at radius 1 is 0.867 bits per heavy atom. The summed E-state index contributed by atoms with van der Waals surface area (Å²) in [5.74, 6) is -0.767. The number of rotatable bonds is 13. The number of nitrogens with one attached hydrogen (secondary N) is 1. The van der Waals surface area contributed by atoms with Crippen LogP contribution in [0.1, 0.15) is 25.0 Å². The number of amides is 2. The highest BCUT2D eigenvalue weighted by molar-refractivity contribution is 9.10. The van der Waals surface area contributed by atoms with Crippen molar-refractivity contribution in [1.82, 2.24) is 10.2 Å². The summed E-state index contributed by atoms with van der Waals surface area (Å²) in [4.78, 5) is 29.8. The first-order chi connectivity index (χ1) is 21.5. The zero-order valence-corrected chi connectivity index (χ0v) is 28.8. The molecule has 236 valence electrons. The van der Waals surface area contributed by atoms with Crippen LogP contribution >= 0.6 is 39.1 Å². The average Bonchev–Trinajstić information content (AvgIpc) is 3.02. The Morgan fingerprint density at radius 2 is 1.53 bits per heavy atom. The van der Waals surface area contributed by atoms with Crippen LogP contribution in [0.5, 0.6) is 0 Å². The second-order valence-electron chi connectivity index (χ2n) is 10.9. The maximum atomic E-state index is 14.5. The number of anilines is 1. The quantitative estimate of drug-likeness (QED) is 0.156. The van der Waals surface area contributed by atoms with E-state index in [4.69, 9.17) is 23.2 Å². The van der Waals surface area contributed by atoms with Crippen LogP contribution < -0.4 is 9.62 Å². The molecule has 0 spiro atoms. The molecule has 7 nitrogen and oxygen atoms in total. The van der Waals surface area contributed by atoms with Gasteiger partial charge in [0.15, 0.2) is 0 Å². The normalized spacial score (nSPS) is 12.0. The van der Waals surface area contributed by atoms with Crippen LogP contribution in [-0.2, 0) is 32.6 Å². The lowest BCUT2D eigenvalue weighted by Gasteiger charge is -2.34. The minimum absolute atomic E-state index is 0.0283. The predicted molar refractivity (Wildman–Crippen MR) is 184 cm³/mol. The van der Waals surface area contributed by atoms with E-state index in [1.807, 2.05) is 44.2 Å². The van der Waals surface area contributed by atoms with Gasteiger partial charge in [-0.15, -0.1) is 0 Å². The summed E-state index contributed by atoms with van der Waals surface area (Å²) in [6.45, 7) is 3.74. The number of hydrogen-bond acceptors (Lipinski definition) is 4. The first-order valence-electron chi connectivity index (χ1n) is 14.3. The van der Waals surface area contributed by atoms with Gasteiger partial charge in [-0.25, -0.2) is 8.42 Å². The molecule has 2 amide bonds. The molecule has 4 aromatic rings. The van der Waals surface area contributed by atoms with E-state index in [1.54, 1.807) is 60.7 Å². The van der Waals surface area contributed by atoms with E-state index >= 15 is 0 Å². The van der Waals surface area contributed by atoms with Crippen molar-refractivity contribution in [3.8, 4) is 0 Å². The minimum atomic E-state index is -4.19. The Balaban J connectivity index is 1.81. The van der Waals surface area contributed by atoms with E-state index in [1.165, 1.54) is 17.0 Å². The van der Waals surface area contributed by atoms with E-state index in [0.29, 0.717) is 26.6 Å². The second-order valence-corrected chi connectivity index (χ2v) is 14.5. The highest BCUT2D eigenvalue weighted by Gasteiger charge is 2.35. The van der Waals surface area contributed by atoms with Crippen LogP contribution in [0.2, 0.25) is 10.0 Å². The molecule has 0 aromatic heterocycles. The Morgan fingerprint density at radius 3 is 2.16 bits per heavy atom. The lowest BCUT2D eigenvalue weighted by molar-refractivity contribution is -0.140. The first kappa shape index (κ1) is 34.5. The largest absolute Gasteiger partial charge is 0.354 e. The Kier molecular flexibility index (Phi) is 12.1. The molecule has 1 N–H and O–H groups in total. The minimum Gasteiger partial charge on any atom is -0.354 e. The SMILES string of the molecule is CC(C)CNC(=O)C(Cc1ccccc1)N(Cc1ccc(Cl)cc1Cl)C(=O)CN(c1cccc(Br)c1)S(=O)(=O)c1ccccc1. The van der Waals surface area contributed by atoms with E-state index in [2.05, 4.69) is 21.2 Å². The van der Waals surface area contributed by atoms with Crippen LogP contribution in [0.3, 0.4) is 0 Å². The van der Waals surface area contributed by atoms with Gasteiger partial charge >= 0.3 is 0 Å². The van der Waals surface area contributed by atoms with Crippen LogP contribution in [0.25, 0.3) is 0 Å². The smallest absolute Gasteiger partial charge is 0.264 e. The van der Waals surface area contributed by atoms with Crippen molar-refractivity contribution in [1.29, 1.82) is 0 Å². The lowest BCUT2D eigenvalue weighted by Crippen LogP contribution is -2.53. The molecule has 4 rings (SSSR count). The summed E-state index contributed by atoms with van der Waals surface area (Å²) in [6.07, 6.45) is 0.198. The number of carbonyl (C=O) groups excluding carboxylic acids is 2. The van der Waals surface area contributed by atoms with Crippen LogP contribution in [-0.4, -0.2) is 44.3 Å². The summed E-state index contributed by atoms with van der Waals surface area (Å²) in [7, 11) is -4.19. The number of nitrogens with zero attached hydrogens (tertiary/aromatic N) is 2. The Labute approximate surface area is 283 Å². The number of hydrogen-bond donors (Lipinski definition) is 1. The lowest BCUT2D eigenvalue weighted by atomic mass is 10.0. The summed E-state index contributed by atoms with van der Waals surface area (Å²) >= 11 is 16.1. The van der Waals surface area contributed by atoms with Gasteiger partial charge in [0, 0.05) is 34.0 Å². The molecular formula is C34H34BrCl2N3O4S. The van der Waals surface area contributed by atoms with Crippen LogP contribution in [0, 0.1) is 5.92 Å². The molecule has 0 aliphatic rings. The van der Waals surface area contributed by atoms with Crippen molar-refractivity contribution >= 4 is 66.7 Å². The molecule has 0 heterocycles. The number of benzene rings is 4. The second kappa shape index (κ2) is 15.8. The summed E-state index contributed by atoms with van der Waals surface area (Å²) in [5, 5.41) is 3.72. The zero-order chi connectivity index (χ0) is 32.6. The maximum Gasteiger partial charge on any atom is 0.264 e. The molecule has 0 aliphatic carbocycles. The van der Waals surface area contributed by atoms with E-state index in [0.717, 1.165) is 9.87 Å². The predicted octanol–water partition coefficient (Wildman–Crippen LogP) is 7.36. The number of carbonyl (C=O) groups is 2. The van der Waals surface area contributed by atoms with Gasteiger partial charge in [-0.2, -0.15) is 0 Å². The molecule has 1 unspecified atom stereocenters. The van der Waals surface area contributed by atoms with Gasteiger partial charge in [0.25, 0.3) is 10.0 Å². The highest BCUT2D eigenvalue weighted by atomic mass is 79.9. The fourth-order valence-corrected chi connectivity index (χ4v) is 6.97. The van der Waals surface area contributed by atoms with Crippen molar-refractivity contribution < 1.29 is 18.0 Å². The average molecular weight is 732 g/mol. The van der Waals surface area contributed by atoms with E-state index in [-0.39, 0.29) is 35.4 Å². The van der Waals surface area contributed by atoms with Crippen molar-refractivity contribution in [3.05, 3.63) is 129 Å². The molecule has 0 saturated heterocycles. The first-order valence-corrected chi connectivity index (χ1v) is 17.3. The fourth-order valence-electron chi connectivity index (χ4n) is 4.69. The standard InChI is InChI=1S/C34H34BrCl2N3O4S/c1-24(2)21-38-34(42)32(18-25-10-5-3-6-11-25)39(22-26-16-17-28(36)20-31(26)37)33(41)23-40(29-13-9-12-27(35)19-29)45(43,44)30-14-7-4-8-15-30/h3-17,19-20,24,32H,18,21-23H2,1-2H3,(H,38,42). The highest BCUT2D eigenvalue weighted by Crippen LogP contribution is 2.28. The third kappa shape index (κ3) is 9.33. The maximum absolute atomic E-state index is 14.5. The Hall–Kier alpha value is -3.37. The van der Waals surface area contributed by atoms with Crippen LogP contribution in [0.15, 0.2) is 112 Å². The molecule has 4 aromatic carbocycles. The third-order valence-corrected chi connectivity index (χ3v) is 9.89. The van der Waals surface area contributed by atoms with Crippen molar-refractivity contribution in [2.24, 2.45) is 5.92 Å². The number of halogens is 3. The van der Waals surface area contributed by atoms with Gasteiger partial charge in [0.05, 0.1) is 10.6 Å². The fraction of sp³-hybridized carbons (Fsp3) is 0.235. The third-order valence-electron chi connectivity index (χ3n) is 7.02. The summed E-state index contributed by atoms with van der Waals surface area (Å²) < 4.78 is 29.8. The molecule has 1 atom stereocenters. The Bertz CT molecular complexity index is 1720. The van der Waals surface area contributed by atoms with Crippen molar-refractivity contribution in [2.45, 2.75) is 37.8 Å². The molecule has 0 radical (unpaired) electrons. The number of sulfonamides is 1. The molecule has 0 aliphatic heterocycles. The van der Waals surface area contributed by atoms with Gasteiger partial charge in [-0.05, 0) is 59.5 Å². The zero-order valence-electron chi connectivity index (χ0n) is 24.9. The monoisotopic (exact) mass is 729 g/mol. The molecule has 0 fully saturated rings. The van der Waals surface area contributed by atoms with Gasteiger partial charge < -0.3 is 10.2 Å². The van der Waals surface area contributed by atoms with Crippen molar-refractivity contribution in [3.63, 3.8) is 0 Å². The van der Waals surface area contributed by atoms with Gasteiger partial charge in [-0.1, -0.05) is 114 Å². The van der Waals surface area contributed by atoms with E-state index in [9.17, 15) is 18.0 Å². The molecule has 0 bridgehead atoms. The summed E-state index contributed by atoms with van der Waals surface area (Å²) in [6, 6.07) is 27.9. The van der Waals surface area contributed by atoms with Gasteiger partial charge in [-0.3, -0.25) is 13.9 Å². The van der Waals surface area contributed by atoms with Crippen LogP contribution in [0.4, 0.5) is 5.69 Å². The summed E-state index contributed by atoms with van der Waals surface area (Å²) in [5.41, 5.74) is 1.68. The molecule has 45 heavy (non-hydrogen) atoms. The van der Waals surface area contributed by atoms with Crippen molar-refractivity contribution in [2.75, 3.05) is 17.4 Å². The van der Waals surface area contributed by atoms with Gasteiger partial charge in [0.1, 0.15) is 12.6 Å². The molecule has 11 heteroatoms. The molecule has 0 saturated carbocycles. The molecular weight excluding hydrogens is 697 g/mol. The van der Waals surface area contributed by atoms with E-state index < -0.39 is 28.5 Å². The van der Waals surface area contributed by atoms with Gasteiger partial charge in [0.2, 0.25) is 11.8 Å².